The van der Waals surface area contributed by atoms with E-state index >= 15 is 0 Å². The first-order valence-electron chi connectivity index (χ1n) is 3.81. The van der Waals surface area contributed by atoms with Crippen LogP contribution in [-0.4, -0.2) is 23.4 Å². The number of carbonyl (C=O) groups is 2. The summed E-state index contributed by atoms with van der Waals surface area (Å²) in [6.07, 6.45) is 2.39. The molecule has 1 atom stereocenters. The number of hydrogen-bond donors (Lipinski definition) is 2. The minimum absolute atomic E-state index is 0.00435. The third kappa shape index (κ3) is 1.71. The van der Waals surface area contributed by atoms with E-state index in [1.807, 2.05) is 0 Å². The van der Waals surface area contributed by atoms with Gasteiger partial charge in [0.15, 0.2) is 5.78 Å². The average molecular weight is 169 g/mol. The number of allylic oxidation sites excluding steroid dienone is 1. The third-order valence-electron chi connectivity index (χ3n) is 1.99. The molecule has 1 unspecified atom stereocenters. The van der Waals surface area contributed by atoms with Crippen molar-refractivity contribution < 1.29 is 14.7 Å². The zero-order chi connectivity index (χ0) is 9.14. The van der Waals surface area contributed by atoms with Crippen LogP contribution in [0.15, 0.2) is 11.6 Å². The Morgan fingerprint density at radius 3 is 2.67 bits per heavy atom. The summed E-state index contributed by atoms with van der Waals surface area (Å²) < 4.78 is 0. The van der Waals surface area contributed by atoms with E-state index in [2.05, 4.69) is 0 Å². The molecule has 1 rings (SSSR count). The highest BCUT2D eigenvalue weighted by molar-refractivity contribution is 5.94. The van der Waals surface area contributed by atoms with Crippen molar-refractivity contribution in [1.82, 2.24) is 0 Å². The molecule has 12 heavy (non-hydrogen) atoms. The number of nitrogens with two attached hydrogens (primary N) is 1. The number of hydrogen-bond acceptors (Lipinski definition) is 3. The molecule has 1 aliphatic carbocycles. The van der Waals surface area contributed by atoms with E-state index in [0.717, 1.165) is 0 Å². The number of ketones is 1. The Balaban J connectivity index is 2.73. The van der Waals surface area contributed by atoms with E-state index in [9.17, 15) is 9.59 Å². The van der Waals surface area contributed by atoms with E-state index in [0.29, 0.717) is 18.4 Å². The lowest BCUT2D eigenvalue weighted by molar-refractivity contribution is -0.140. The number of rotatable bonds is 3. The Bertz CT molecular complexity index is 245. The Labute approximate surface area is 70.1 Å². The van der Waals surface area contributed by atoms with Crippen LogP contribution >= 0.6 is 0 Å². The van der Waals surface area contributed by atoms with Crippen LogP contribution in [-0.2, 0) is 9.59 Å². The Hall–Kier alpha value is -1.16. The SMILES string of the molecule is NCC(C(=O)O)C1=CC(=O)CC1. The zero-order valence-electron chi connectivity index (χ0n) is 6.62. The molecule has 4 heteroatoms. The van der Waals surface area contributed by atoms with E-state index in [4.69, 9.17) is 10.8 Å². The lowest BCUT2D eigenvalue weighted by atomic mass is 9.99. The van der Waals surface area contributed by atoms with Crippen LogP contribution in [0.3, 0.4) is 0 Å². The summed E-state index contributed by atoms with van der Waals surface area (Å²) in [6.45, 7) is 0.0639. The monoisotopic (exact) mass is 169 g/mol. The molecule has 0 fully saturated rings. The maximum Gasteiger partial charge on any atom is 0.311 e. The molecule has 0 radical (unpaired) electrons. The minimum atomic E-state index is -0.946. The standard InChI is InChI=1S/C8H11NO3/c9-4-7(8(11)12)5-1-2-6(10)3-5/h3,7H,1-2,4,9H2,(H,11,12). The van der Waals surface area contributed by atoms with E-state index in [-0.39, 0.29) is 12.3 Å². The van der Waals surface area contributed by atoms with Gasteiger partial charge in [-0.15, -0.1) is 0 Å². The summed E-state index contributed by atoms with van der Waals surface area (Å²) in [5.41, 5.74) is 5.93. The highest BCUT2D eigenvalue weighted by Crippen LogP contribution is 2.22. The van der Waals surface area contributed by atoms with Gasteiger partial charge in [-0.2, -0.15) is 0 Å². The third-order valence-corrected chi connectivity index (χ3v) is 1.99. The van der Waals surface area contributed by atoms with Crippen LogP contribution in [0, 0.1) is 5.92 Å². The lowest BCUT2D eigenvalue weighted by Crippen LogP contribution is -2.24. The molecule has 0 aliphatic heterocycles. The fourth-order valence-corrected chi connectivity index (χ4v) is 1.30. The number of carboxylic acids is 1. The second-order valence-corrected chi connectivity index (χ2v) is 2.81. The van der Waals surface area contributed by atoms with Crippen molar-refractivity contribution in [3.63, 3.8) is 0 Å². The first-order chi connectivity index (χ1) is 5.65. The van der Waals surface area contributed by atoms with Crippen molar-refractivity contribution in [2.45, 2.75) is 12.8 Å². The first-order valence-corrected chi connectivity index (χ1v) is 3.81. The summed E-state index contributed by atoms with van der Waals surface area (Å²) >= 11 is 0. The highest BCUT2D eigenvalue weighted by Gasteiger charge is 2.24. The normalized spacial score (nSPS) is 19.1. The van der Waals surface area contributed by atoms with Crippen molar-refractivity contribution in [1.29, 1.82) is 0 Å². The molecule has 0 aromatic carbocycles. The van der Waals surface area contributed by atoms with Crippen LogP contribution in [0.5, 0.6) is 0 Å². The van der Waals surface area contributed by atoms with Crippen molar-refractivity contribution >= 4 is 11.8 Å². The van der Waals surface area contributed by atoms with Crippen LogP contribution in [0.1, 0.15) is 12.8 Å². The summed E-state index contributed by atoms with van der Waals surface area (Å²) in [5, 5.41) is 8.69. The Morgan fingerprint density at radius 1 is 1.67 bits per heavy atom. The van der Waals surface area contributed by atoms with Crippen molar-refractivity contribution in [3.05, 3.63) is 11.6 Å². The maximum absolute atomic E-state index is 10.8. The molecule has 0 bridgehead atoms. The van der Waals surface area contributed by atoms with E-state index in [1.165, 1.54) is 6.08 Å². The van der Waals surface area contributed by atoms with Crippen LogP contribution in [0.2, 0.25) is 0 Å². The van der Waals surface area contributed by atoms with Crippen molar-refractivity contribution in [3.8, 4) is 0 Å². The fraction of sp³-hybridized carbons (Fsp3) is 0.500. The minimum Gasteiger partial charge on any atom is -0.481 e. The van der Waals surface area contributed by atoms with Crippen molar-refractivity contribution in [2.75, 3.05) is 6.54 Å². The largest absolute Gasteiger partial charge is 0.481 e. The van der Waals surface area contributed by atoms with Gasteiger partial charge in [-0.05, 0) is 12.5 Å². The smallest absolute Gasteiger partial charge is 0.311 e. The molecular weight excluding hydrogens is 158 g/mol. The topological polar surface area (TPSA) is 80.4 Å². The zero-order valence-corrected chi connectivity index (χ0v) is 6.62. The predicted molar refractivity (Wildman–Crippen MR) is 42.5 cm³/mol. The van der Waals surface area contributed by atoms with Gasteiger partial charge in [-0.1, -0.05) is 5.57 Å². The molecule has 0 saturated heterocycles. The molecule has 0 heterocycles. The lowest BCUT2D eigenvalue weighted by Gasteiger charge is -2.09. The average Bonchev–Trinajstić information content (AvgIpc) is 2.37. The molecule has 3 N–H and O–H groups in total. The molecule has 1 aliphatic rings. The summed E-state index contributed by atoms with van der Waals surface area (Å²) in [6, 6.07) is 0. The molecule has 0 aromatic heterocycles. The molecule has 0 amide bonds. The molecule has 0 spiro atoms. The fourth-order valence-electron chi connectivity index (χ4n) is 1.30. The second-order valence-electron chi connectivity index (χ2n) is 2.81. The number of aliphatic carboxylic acids is 1. The van der Waals surface area contributed by atoms with Crippen molar-refractivity contribution in [2.24, 2.45) is 11.7 Å². The first kappa shape index (κ1) is 8.93. The second kappa shape index (κ2) is 3.49. The quantitative estimate of drug-likeness (QED) is 0.620. The van der Waals surface area contributed by atoms with E-state index in [1.54, 1.807) is 0 Å². The van der Waals surface area contributed by atoms with Gasteiger partial charge in [0.25, 0.3) is 0 Å². The molecule has 0 saturated carbocycles. The van der Waals surface area contributed by atoms with Gasteiger partial charge in [0, 0.05) is 13.0 Å². The van der Waals surface area contributed by atoms with Crippen LogP contribution < -0.4 is 5.73 Å². The Morgan fingerprint density at radius 2 is 2.33 bits per heavy atom. The molecular formula is C8H11NO3. The van der Waals surface area contributed by atoms with Gasteiger partial charge in [-0.25, -0.2) is 0 Å². The number of carboxylic acid groups (broad SMARTS) is 1. The molecule has 0 aromatic rings. The van der Waals surface area contributed by atoms with Gasteiger partial charge in [0.2, 0.25) is 0 Å². The van der Waals surface area contributed by atoms with Gasteiger partial charge in [0.1, 0.15) is 0 Å². The van der Waals surface area contributed by atoms with Crippen LogP contribution in [0.25, 0.3) is 0 Å². The number of carbonyl (C=O) groups excluding carboxylic acids is 1. The summed E-state index contributed by atoms with van der Waals surface area (Å²) in [7, 11) is 0. The van der Waals surface area contributed by atoms with Gasteiger partial charge in [0.05, 0.1) is 5.92 Å². The van der Waals surface area contributed by atoms with Gasteiger partial charge >= 0.3 is 5.97 Å². The predicted octanol–water partition coefficient (Wildman–Crippen LogP) is -0.0648. The summed E-state index contributed by atoms with van der Waals surface area (Å²) in [5.74, 6) is -1.61. The maximum atomic E-state index is 10.8. The Kier molecular flexibility index (Phi) is 2.60. The molecule has 4 nitrogen and oxygen atoms in total. The van der Waals surface area contributed by atoms with Gasteiger partial charge in [-0.3, -0.25) is 9.59 Å². The van der Waals surface area contributed by atoms with E-state index < -0.39 is 11.9 Å². The van der Waals surface area contributed by atoms with Crippen LogP contribution in [0.4, 0.5) is 0 Å². The highest BCUT2D eigenvalue weighted by atomic mass is 16.4. The van der Waals surface area contributed by atoms with Gasteiger partial charge < -0.3 is 10.8 Å². The molecule has 66 valence electrons. The summed E-state index contributed by atoms with van der Waals surface area (Å²) in [4.78, 5) is 21.4.